The molecular weight excluding hydrogens is 172 g/mol. The van der Waals surface area contributed by atoms with Crippen molar-refractivity contribution in [3.05, 3.63) is 21.9 Å². The molecule has 1 N–H and O–H groups in total. The van der Waals surface area contributed by atoms with Gasteiger partial charge in [-0.1, -0.05) is 6.92 Å². The Balaban J connectivity index is 2.85. The number of hydrogen-bond donors (Lipinski definition) is 1. The van der Waals surface area contributed by atoms with Crippen molar-refractivity contribution in [2.24, 2.45) is 0 Å². The molecule has 1 unspecified atom stereocenters. The highest BCUT2D eigenvalue weighted by atomic mass is 32.1. The number of Topliss-reactive ketones (excluding diaryl/α,β-unsaturated/α-hetero) is 1. The van der Waals surface area contributed by atoms with Gasteiger partial charge in [0.05, 0.1) is 4.88 Å². The molecule has 1 aromatic rings. The molecule has 12 heavy (non-hydrogen) atoms. The van der Waals surface area contributed by atoms with E-state index in [1.165, 1.54) is 11.3 Å². The van der Waals surface area contributed by atoms with Crippen LogP contribution in [-0.4, -0.2) is 17.0 Å². The molecule has 0 aliphatic rings. The highest BCUT2D eigenvalue weighted by Gasteiger charge is 2.17. The van der Waals surface area contributed by atoms with Crippen LogP contribution in [0.25, 0.3) is 0 Å². The number of carbonyl (C=O) groups is 1. The summed E-state index contributed by atoms with van der Waals surface area (Å²) in [7, 11) is 0. The van der Waals surface area contributed by atoms with Gasteiger partial charge in [0, 0.05) is 0 Å². The lowest BCUT2D eigenvalue weighted by atomic mass is 10.1. The van der Waals surface area contributed by atoms with Crippen molar-refractivity contribution in [3.8, 4) is 0 Å². The fourth-order valence-electron chi connectivity index (χ4n) is 0.962. The topological polar surface area (TPSA) is 37.3 Å². The zero-order chi connectivity index (χ0) is 9.14. The van der Waals surface area contributed by atoms with E-state index < -0.39 is 6.10 Å². The predicted octanol–water partition coefficient (Wildman–Crippen LogP) is 2.01. The number of thiophene rings is 1. The fourth-order valence-corrected chi connectivity index (χ4v) is 1.88. The van der Waals surface area contributed by atoms with Gasteiger partial charge in [-0.05, 0) is 30.4 Å². The second-order valence-corrected chi connectivity index (χ2v) is 3.64. The van der Waals surface area contributed by atoms with Crippen molar-refractivity contribution in [1.82, 2.24) is 0 Å². The summed E-state index contributed by atoms with van der Waals surface area (Å²) in [5, 5.41) is 11.1. The zero-order valence-corrected chi connectivity index (χ0v) is 8.02. The Morgan fingerprint density at radius 1 is 1.75 bits per heavy atom. The van der Waals surface area contributed by atoms with Gasteiger partial charge >= 0.3 is 0 Å². The lowest BCUT2D eigenvalue weighted by Gasteiger charge is -2.04. The molecule has 0 bridgehead atoms. The standard InChI is InChI=1S/C9H12O2S/c1-3-7(10)8(11)9-6(2)4-5-12-9/h4-5,7,10H,3H2,1-2H3. The second-order valence-electron chi connectivity index (χ2n) is 2.72. The fraction of sp³-hybridized carbons (Fsp3) is 0.444. The van der Waals surface area contributed by atoms with Gasteiger partial charge in [0.25, 0.3) is 0 Å². The van der Waals surface area contributed by atoms with Crippen molar-refractivity contribution in [2.45, 2.75) is 26.4 Å². The third-order valence-electron chi connectivity index (χ3n) is 1.78. The Hall–Kier alpha value is -0.670. The second kappa shape index (κ2) is 3.83. The van der Waals surface area contributed by atoms with E-state index in [1.54, 1.807) is 6.92 Å². The summed E-state index contributed by atoms with van der Waals surface area (Å²) < 4.78 is 0. The lowest BCUT2D eigenvalue weighted by Crippen LogP contribution is -2.18. The van der Waals surface area contributed by atoms with Crippen LogP contribution in [0.5, 0.6) is 0 Å². The zero-order valence-electron chi connectivity index (χ0n) is 7.20. The van der Waals surface area contributed by atoms with E-state index in [0.717, 1.165) is 5.56 Å². The lowest BCUT2D eigenvalue weighted by molar-refractivity contribution is 0.0744. The monoisotopic (exact) mass is 184 g/mol. The minimum atomic E-state index is -0.831. The van der Waals surface area contributed by atoms with Gasteiger partial charge in [0.2, 0.25) is 5.78 Å². The quantitative estimate of drug-likeness (QED) is 0.730. The maximum absolute atomic E-state index is 11.4. The van der Waals surface area contributed by atoms with Crippen LogP contribution in [0.3, 0.4) is 0 Å². The van der Waals surface area contributed by atoms with Crippen LogP contribution < -0.4 is 0 Å². The molecule has 0 aromatic carbocycles. The molecule has 0 aliphatic carbocycles. The molecule has 1 atom stereocenters. The summed E-state index contributed by atoms with van der Waals surface area (Å²) >= 11 is 1.39. The predicted molar refractivity (Wildman–Crippen MR) is 49.7 cm³/mol. The van der Waals surface area contributed by atoms with E-state index in [0.29, 0.717) is 11.3 Å². The molecule has 0 aliphatic heterocycles. The summed E-state index contributed by atoms with van der Waals surface area (Å²) in [4.78, 5) is 12.1. The maximum atomic E-state index is 11.4. The molecule has 1 rings (SSSR count). The third kappa shape index (κ3) is 1.73. The van der Waals surface area contributed by atoms with Crippen molar-refractivity contribution in [1.29, 1.82) is 0 Å². The van der Waals surface area contributed by atoms with E-state index in [-0.39, 0.29) is 5.78 Å². The van der Waals surface area contributed by atoms with Crippen molar-refractivity contribution >= 4 is 17.1 Å². The van der Waals surface area contributed by atoms with Crippen LogP contribution in [0.2, 0.25) is 0 Å². The number of carbonyl (C=O) groups excluding carboxylic acids is 1. The van der Waals surface area contributed by atoms with Crippen LogP contribution in [0.1, 0.15) is 28.6 Å². The van der Waals surface area contributed by atoms with Gasteiger partial charge in [-0.25, -0.2) is 0 Å². The SMILES string of the molecule is CCC(O)C(=O)c1sccc1C. The van der Waals surface area contributed by atoms with Gasteiger partial charge in [-0.3, -0.25) is 4.79 Å². The van der Waals surface area contributed by atoms with Gasteiger partial charge < -0.3 is 5.11 Å². The molecule has 3 heteroatoms. The van der Waals surface area contributed by atoms with Gasteiger partial charge in [0.1, 0.15) is 6.10 Å². The van der Waals surface area contributed by atoms with Crippen LogP contribution in [0.4, 0.5) is 0 Å². The molecule has 1 aromatic heterocycles. The number of aryl methyl sites for hydroxylation is 1. The van der Waals surface area contributed by atoms with Gasteiger partial charge in [0.15, 0.2) is 0 Å². The number of rotatable bonds is 3. The average molecular weight is 184 g/mol. The van der Waals surface area contributed by atoms with Crippen molar-refractivity contribution in [3.63, 3.8) is 0 Å². The summed E-state index contributed by atoms with van der Waals surface area (Å²) in [6.45, 7) is 3.68. The number of aliphatic hydroxyl groups is 1. The first-order valence-corrected chi connectivity index (χ1v) is 4.81. The summed E-state index contributed by atoms with van der Waals surface area (Å²) in [6.07, 6.45) is -0.349. The van der Waals surface area contributed by atoms with Crippen molar-refractivity contribution < 1.29 is 9.90 Å². The molecule has 0 saturated carbocycles. The van der Waals surface area contributed by atoms with Crippen LogP contribution in [0.15, 0.2) is 11.4 Å². The molecule has 0 saturated heterocycles. The Morgan fingerprint density at radius 2 is 2.42 bits per heavy atom. The molecule has 0 fully saturated rings. The molecule has 0 radical (unpaired) electrons. The molecule has 1 heterocycles. The molecule has 0 spiro atoms. The molecule has 2 nitrogen and oxygen atoms in total. The van der Waals surface area contributed by atoms with E-state index in [4.69, 9.17) is 0 Å². The Labute approximate surface area is 75.9 Å². The van der Waals surface area contributed by atoms with Crippen LogP contribution >= 0.6 is 11.3 Å². The Morgan fingerprint density at radius 3 is 2.83 bits per heavy atom. The molecular formula is C9H12O2S. The Bertz CT molecular complexity index is 278. The van der Waals surface area contributed by atoms with Gasteiger partial charge in [-0.2, -0.15) is 0 Å². The van der Waals surface area contributed by atoms with Crippen LogP contribution in [0, 0.1) is 6.92 Å². The highest BCUT2D eigenvalue weighted by Crippen LogP contribution is 2.18. The summed E-state index contributed by atoms with van der Waals surface area (Å²) in [5.41, 5.74) is 0.956. The third-order valence-corrected chi connectivity index (χ3v) is 2.81. The van der Waals surface area contributed by atoms with Crippen molar-refractivity contribution in [2.75, 3.05) is 0 Å². The Kier molecular flexibility index (Phi) is 3.00. The normalized spacial score (nSPS) is 12.9. The molecule has 0 amide bonds. The largest absolute Gasteiger partial charge is 0.385 e. The minimum Gasteiger partial charge on any atom is -0.385 e. The van der Waals surface area contributed by atoms with Gasteiger partial charge in [-0.15, -0.1) is 11.3 Å². The van der Waals surface area contributed by atoms with E-state index >= 15 is 0 Å². The highest BCUT2D eigenvalue weighted by molar-refractivity contribution is 7.12. The number of aliphatic hydroxyl groups excluding tert-OH is 1. The number of hydrogen-bond acceptors (Lipinski definition) is 3. The smallest absolute Gasteiger partial charge is 0.201 e. The first kappa shape index (κ1) is 9.42. The average Bonchev–Trinajstić information content (AvgIpc) is 2.48. The summed E-state index contributed by atoms with van der Waals surface area (Å²) in [5.74, 6) is -0.148. The van der Waals surface area contributed by atoms with E-state index in [9.17, 15) is 9.90 Å². The van der Waals surface area contributed by atoms with Crippen LogP contribution in [-0.2, 0) is 0 Å². The maximum Gasteiger partial charge on any atom is 0.201 e. The van der Waals surface area contributed by atoms with E-state index in [1.807, 2.05) is 18.4 Å². The molecule has 66 valence electrons. The summed E-state index contributed by atoms with van der Waals surface area (Å²) in [6, 6.07) is 1.89. The first-order valence-electron chi connectivity index (χ1n) is 3.93. The first-order chi connectivity index (χ1) is 5.66. The van der Waals surface area contributed by atoms with E-state index in [2.05, 4.69) is 0 Å². The minimum absolute atomic E-state index is 0.148. The number of ketones is 1.